The standard InChI is InChI=1S/C3H8BNO2/c1-2-7-3(6)5-4/h2,4H2,1H3,(H,5,6). The fraction of sp³-hybridized carbons (Fsp3) is 0.667. The van der Waals surface area contributed by atoms with E-state index >= 15 is 0 Å². The molecule has 3 nitrogen and oxygen atoms in total. The smallest absolute Gasteiger partial charge is 0.394 e. The number of amides is 1. The molecular formula is C3H8BNO2. The molecule has 0 aliphatic rings. The summed E-state index contributed by atoms with van der Waals surface area (Å²) in [6, 6.07) is 0. The molecule has 0 spiro atoms. The van der Waals surface area contributed by atoms with Gasteiger partial charge in [-0.25, -0.2) is 4.79 Å². The number of nitrogens with one attached hydrogen (secondary N) is 1. The monoisotopic (exact) mass is 101 g/mol. The molecule has 0 radical (unpaired) electrons. The minimum absolute atomic E-state index is 0.373. The number of carbonyl (C=O) groups is 1. The van der Waals surface area contributed by atoms with E-state index in [4.69, 9.17) is 0 Å². The summed E-state index contributed by atoms with van der Waals surface area (Å²) in [7, 11) is 1.53. The van der Waals surface area contributed by atoms with Crippen LogP contribution < -0.4 is 5.23 Å². The molecule has 0 rings (SSSR count). The van der Waals surface area contributed by atoms with E-state index in [1.807, 2.05) is 0 Å². The summed E-state index contributed by atoms with van der Waals surface area (Å²) < 4.78 is 4.44. The molecule has 0 atom stereocenters. The van der Waals surface area contributed by atoms with E-state index in [9.17, 15) is 4.79 Å². The molecule has 1 N–H and O–H groups in total. The zero-order valence-corrected chi connectivity index (χ0v) is 4.52. The number of carbonyl (C=O) groups excluding carboxylic acids is 1. The Morgan fingerprint density at radius 3 is 2.71 bits per heavy atom. The molecule has 1 amide bonds. The Kier molecular flexibility index (Phi) is 3.19. The molecular weight excluding hydrogens is 92.8 g/mol. The summed E-state index contributed by atoms with van der Waals surface area (Å²) in [5, 5.41) is 2.30. The fourth-order valence-electron chi connectivity index (χ4n) is 0.203. The summed E-state index contributed by atoms with van der Waals surface area (Å²) >= 11 is 0. The molecule has 40 valence electrons. The van der Waals surface area contributed by atoms with Crippen molar-refractivity contribution in [1.82, 2.24) is 5.23 Å². The Hall–Kier alpha value is -0.665. The van der Waals surface area contributed by atoms with Crippen LogP contribution in [0, 0.1) is 0 Å². The SMILES string of the molecule is BNC(=O)OCC. The normalized spacial score (nSPS) is 7.57. The maximum atomic E-state index is 10.1. The maximum Gasteiger partial charge on any atom is 0.394 e. The van der Waals surface area contributed by atoms with E-state index in [1.54, 1.807) is 6.92 Å². The van der Waals surface area contributed by atoms with Gasteiger partial charge in [0.1, 0.15) is 0 Å². The van der Waals surface area contributed by atoms with Gasteiger partial charge < -0.3 is 9.96 Å². The van der Waals surface area contributed by atoms with Gasteiger partial charge in [-0.2, -0.15) is 0 Å². The lowest BCUT2D eigenvalue weighted by atomic mass is 10.4. The zero-order chi connectivity index (χ0) is 5.70. The topological polar surface area (TPSA) is 38.3 Å². The van der Waals surface area contributed by atoms with Crippen LogP contribution in [0.1, 0.15) is 6.92 Å². The second-order valence-electron chi connectivity index (χ2n) is 0.970. The second kappa shape index (κ2) is 3.52. The van der Waals surface area contributed by atoms with E-state index < -0.39 is 0 Å². The third kappa shape index (κ3) is 3.16. The van der Waals surface area contributed by atoms with Gasteiger partial charge in [0.05, 0.1) is 6.61 Å². The molecule has 0 aromatic carbocycles. The van der Waals surface area contributed by atoms with Crippen molar-refractivity contribution < 1.29 is 9.53 Å². The molecule has 0 aromatic rings. The largest absolute Gasteiger partial charge is 0.451 e. The van der Waals surface area contributed by atoms with Gasteiger partial charge in [0, 0.05) is 0 Å². The zero-order valence-electron chi connectivity index (χ0n) is 4.52. The van der Waals surface area contributed by atoms with Crippen molar-refractivity contribution in [3.8, 4) is 0 Å². The van der Waals surface area contributed by atoms with Crippen LogP contribution in [-0.2, 0) is 4.74 Å². The van der Waals surface area contributed by atoms with E-state index in [1.165, 1.54) is 7.98 Å². The van der Waals surface area contributed by atoms with Crippen LogP contribution in [0.2, 0.25) is 0 Å². The fourth-order valence-corrected chi connectivity index (χ4v) is 0.203. The van der Waals surface area contributed by atoms with Crippen molar-refractivity contribution in [2.75, 3.05) is 6.61 Å². The van der Waals surface area contributed by atoms with Gasteiger partial charge in [0.2, 0.25) is 7.98 Å². The highest BCUT2D eigenvalue weighted by molar-refractivity contribution is 6.12. The Labute approximate surface area is 43.5 Å². The molecule has 7 heavy (non-hydrogen) atoms. The molecule has 0 fully saturated rings. The Bertz CT molecular complexity index is 66.0. The van der Waals surface area contributed by atoms with Crippen molar-refractivity contribution in [2.45, 2.75) is 6.92 Å². The Morgan fingerprint density at radius 2 is 2.57 bits per heavy atom. The van der Waals surface area contributed by atoms with Crippen LogP contribution in [0.3, 0.4) is 0 Å². The quantitative estimate of drug-likeness (QED) is 0.442. The molecule has 0 bridgehead atoms. The first kappa shape index (κ1) is 6.33. The van der Waals surface area contributed by atoms with Gasteiger partial charge in [-0.1, -0.05) is 0 Å². The highest BCUT2D eigenvalue weighted by atomic mass is 16.5. The molecule has 0 saturated heterocycles. The van der Waals surface area contributed by atoms with Gasteiger partial charge in [-0.15, -0.1) is 0 Å². The lowest BCUT2D eigenvalue weighted by molar-refractivity contribution is 0.159. The van der Waals surface area contributed by atoms with Crippen LogP contribution in [-0.4, -0.2) is 20.7 Å². The van der Waals surface area contributed by atoms with Gasteiger partial charge in [0.15, 0.2) is 0 Å². The Morgan fingerprint density at radius 1 is 2.00 bits per heavy atom. The van der Waals surface area contributed by atoms with Crippen LogP contribution in [0.25, 0.3) is 0 Å². The molecule has 0 aliphatic carbocycles. The summed E-state index contributed by atoms with van der Waals surface area (Å²) in [4.78, 5) is 10.1. The van der Waals surface area contributed by atoms with E-state index in [0.29, 0.717) is 6.61 Å². The number of rotatable bonds is 1. The highest BCUT2D eigenvalue weighted by Crippen LogP contribution is 1.70. The average Bonchev–Trinajstić information content (AvgIpc) is 1.68. The van der Waals surface area contributed by atoms with E-state index in [0.717, 1.165) is 0 Å². The van der Waals surface area contributed by atoms with Gasteiger partial charge >= 0.3 is 6.09 Å². The van der Waals surface area contributed by atoms with Gasteiger partial charge in [-0.3, -0.25) is 0 Å². The first-order valence-corrected chi connectivity index (χ1v) is 2.15. The van der Waals surface area contributed by atoms with Crippen molar-refractivity contribution >= 4 is 14.1 Å². The minimum Gasteiger partial charge on any atom is -0.451 e. The average molecular weight is 101 g/mol. The lowest BCUT2D eigenvalue weighted by Gasteiger charge is -1.96. The number of hydrogen-bond acceptors (Lipinski definition) is 2. The Balaban J connectivity index is 3.00. The van der Waals surface area contributed by atoms with Crippen LogP contribution in [0.15, 0.2) is 0 Å². The van der Waals surface area contributed by atoms with Crippen molar-refractivity contribution in [3.05, 3.63) is 0 Å². The van der Waals surface area contributed by atoms with Crippen molar-refractivity contribution in [2.24, 2.45) is 0 Å². The first-order chi connectivity index (χ1) is 3.31. The van der Waals surface area contributed by atoms with Gasteiger partial charge in [0.25, 0.3) is 0 Å². The summed E-state index contributed by atoms with van der Waals surface area (Å²) in [6.07, 6.45) is -0.373. The minimum atomic E-state index is -0.373. The third-order valence-electron chi connectivity index (χ3n) is 0.480. The first-order valence-electron chi connectivity index (χ1n) is 2.15. The lowest BCUT2D eigenvalue weighted by Crippen LogP contribution is -2.20. The maximum absolute atomic E-state index is 10.1. The van der Waals surface area contributed by atoms with Crippen molar-refractivity contribution in [3.63, 3.8) is 0 Å². The van der Waals surface area contributed by atoms with Crippen LogP contribution in [0.5, 0.6) is 0 Å². The van der Waals surface area contributed by atoms with Crippen LogP contribution in [0.4, 0.5) is 4.79 Å². The molecule has 0 aromatic heterocycles. The highest BCUT2D eigenvalue weighted by Gasteiger charge is 1.89. The number of ether oxygens (including phenoxy) is 1. The summed E-state index contributed by atoms with van der Waals surface area (Å²) in [6.45, 7) is 2.19. The van der Waals surface area contributed by atoms with E-state index in [-0.39, 0.29) is 6.09 Å². The van der Waals surface area contributed by atoms with Gasteiger partial charge in [-0.05, 0) is 6.92 Å². The predicted octanol–water partition coefficient (Wildman–Crippen LogP) is -0.719. The summed E-state index contributed by atoms with van der Waals surface area (Å²) in [5.74, 6) is 0. The molecule has 0 saturated carbocycles. The molecule has 0 unspecified atom stereocenters. The molecule has 0 aliphatic heterocycles. The molecule has 0 heterocycles. The predicted molar refractivity (Wildman–Crippen MR) is 28.7 cm³/mol. The van der Waals surface area contributed by atoms with E-state index in [2.05, 4.69) is 9.96 Å². The van der Waals surface area contributed by atoms with Crippen molar-refractivity contribution in [1.29, 1.82) is 0 Å². The third-order valence-corrected chi connectivity index (χ3v) is 0.480. The second-order valence-corrected chi connectivity index (χ2v) is 0.970. The molecule has 4 heteroatoms. The number of hydrogen-bond donors (Lipinski definition) is 1. The van der Waals surface area contributed by atoms with Crippen LogP contribution >= 0.6 is 0 Å². The summed E-state index contributed by atoms with van der Waals surface area (Å²) in [5.41, 5.74) is 0.